The van der Waals surface area contributed by atoms with E-state index in [2.05, 4.69) is 140 Å². The van der Waals surface area contributed by atoms with Crippen LogP contribution in [0.4, 0.5) is 0 Å². The van der Waals surface area contributed by atoms with Crippen molar-refractivity contribution in [3.05, 3.63) is 163 Å². The van der Waals surface area contributed by atoms with Crippen molar-refractivity contribution in [3.8, 4) is 44.8 Å². The maximum Gasteiger partial charge on any atom is 0 e. The minimum Gasteiger partial charge on any atom is 0 e. The van der Waals surface area contributed by atoms with Crippen molar-refractivity contribution in [2.24, 2.45) is 0 Å². The fourth-order valence-electron chi connectivity index (χ4n) is 6.52. The van der Waals surface area contributed by atoms with Crippen LogP contribution in [-0.2, 0) is 20.1 Å². The van der Waals surface area contributed by atoms with E-state index in [1.165, 1.54) is 63.5 Å². The van der Waals surface area contributed by atoms with Crippen molar-refractivity contribution >= 4 is 49.2 Å². The smallest absolute Gasteiger partial charge is 0 e. The SMILES string of the molecule is Cc1cc(-c2[c-]ccc3c2sc2cc(-c4c(C)cccc4C)ccc23)ncc1-c1ccccc1.[CH3][Ge]([CH3])([CH3])[c]1ccc(-c2[c-]cccc2)nc1.[Ir]. The van der Waals surface area contributed by atoms with Gasteiger partial charge in [0.05, 0.1) is 0 Å². The van der Waals surface area contributed by atoms with Gasteiger partial charge in [0.15, 0.2) is 0 Å². The summed E-state index contributed by atoms with van der Waals surface area (Å²) in [5, 5.41) is 2.57. The first kappa shape index (κ1) is 36.6. The fourth-order valence-corrected chi connectivity index (χ4v) is 9.94. The molecular weight excluding hydrogens is 877 g/mol. The number of fused-ring (bicyclic) bond motifs is 3. The number of hydrogen-bond acceptors (Lipinski definition) is 3. The molecule has 8 aromatic rings. The zero-order valence-electron chi connectivity index (χ0n) is 29.8. The average molecular weight is 918 g/mol. The Kier molecular flexibility index (Phi) is 11.2. The van der Waals surface area contributed by atoms with Crippen LogP contribution in [0.25, 0.3) is 64.9 Å². The number of aryl methyl sites for hydroxylation is 3. The summed E-state index contributed by atoms with van der Waals surface area (Å²) in [7, 11) is 0. The molecule has 0 aliphatic carbocycles. The Morgan fingerprint density at radius 2 is 1.33 bits per heavy atom. The van der Waals surface area contributed by atoms with Crippen LogP contribution in [-0.4, -0.2) is 23.2 Å². The summed E-state index contributed by atoms with van der Waals surface area (Å²) < 4.78 is 3.99. The van der Waals surface area contributed by atoms with Crippen LogP contribution in [0.1, 0.15) is 16.7 Å². The molecule has 0 saturated carbocycles. The topological polar surface area (TPSA) is 25.8 Å². The standard InChI is InChI=1S/C32H24NS.C14H16GeN.Ir/c1-20-9-7-10-21(2)31(20)24-15-16-25-26-13-8-14-27(32(26)34-30(25)18-24)29-17-22(3)28(19-33-29)23-11-5-4-6-12-23;1-15(2,3)13-9-10-14(16-11-13)12-7-5-4-6-8-12;/h4-13,15-19H,1-3H3;4-7,9-11H,1-3H3;/q2*-1;. The third-order valence-electron chi connectivity index (χ3n) is 9.27. The molecule has 5 heteroatoms. The number of hydrogen-bond donors (Lipinski definition) is 0. The van der Waals surface area contributed by atoms with Crippen molar-refractivity contribution < 1.29 is 20.1 Å². The number of rotatable bonds is 5. The van der Waals surface area contributed by atoms with Crippen LogP contribution >= 0.6 is 11.3 Å². The average Bonchev–Trinajstić information content (AvgIpc) is 3.50. The van der Waals surface area contributed by atoms with Crippen molar-refractivity contribution in [2.45, 2.75) is 38.0 Å². The van der Waals surface area contributed by atoms with Crippen molar-refractivity contribution in [1.29, 1.82) is 0 Å². The number of nitrogens with zero attached hydrogens (tertiary/aromatic N) is 2. The maximum atomic E-state index is 4.87. The monoisotopic (exact) mass is 919 g/mol. The molecule has 3 aromatic heterocycles. The van der Waals surface area contributed by atoms with E-state index in [1.54, 1.807) is 0 Å². The molecule has 0 saturated heterocycles. The molecule has 0 fully saturated rings. The van der Waals surface area contributed by atoms with Crippen molar-refractivity contribution in [2.75, 3.05) is 0 Å². The Hall–Kier alpha value is -4.19. The minimum absolute atomic E-state index is 0. The minimum atomic E-state index is -1.72. The number of pyridine rings is 2. The summed E-state index contributed by atoms with van der Waals surface area (Å²) in [5.74, 6) is 7.14. The normalized spacial score (nSPS) is 11.2. The third kappa shape index (κ3) is 7.85. The van der Waals surface area contributed by atoms with Crippen LogP contribution in [0.2, 0.25) is 17.3 Å². The molecule has 2 nitrogen and oxygen atoms in total. The fraction of sp³-hybridized carbons (Fsp3) is 0.130. The van der Waals surface area contributed by atoms with E-state index in [1.807, 2.05) is 60.1 Å². The van der Waals surface area contributed by atoms with Crippen LogP contribution in [0.15, 0.2) is 134 Å². The van der Waals surface area contributed by atoms with Crippen LogP contribution in [0.3, 0.4) is 0 Å². The Labute approximate surface area is 322 Å². The Bertz CT molecular complexity index is 2410. The molecular formula is C46H40GeIrN2S-2. The Balaban J connectivity index is 0.000000222. The van der Waals surface area contributed by atoms with Gasteiger partial charge in [0, 0.05) is 36.6 Å². The zero-order valence-corrected chi connectivity index (χ0v) is 35.1. The van der Waals surface area contributed by atoms with Gasteiger partial charge in [0.2, 0.25) is 0 Å². The van der Waals surface area contributed by atoms with E-state index in [-0.39, 0.29) is 20.1 Å². The number of aromatic nitrogens is 2. The molecule has 5 aromatic carbocycles. The van der Waals surface area contributed by atoms with E-state index in [0.29, 0.717) is 0 Å². The third-order valence-corrected chi connectivity index (χ3v) is 14.7. The first-order valence-electron chi connectivity index (χ1n) is 17.1. The molecule has 0 bridgehead atoms. The predicted molar refractivity (Wildman–Crippen MR) is 218 cm³/mol. The van der Waals surface area contributed by atoms with Crippen LogP contribution in [0, 0.1) is 32.9 Å². The molecule has 0 aliphatic rings. The van der Waals surface area contributed by atoms with Gasteiger partial charge in [-0.2, -0.15) is 11.3 Å². The molecule has 3 heterocycles. The van der Waals surface area contributed by atoms with E-state index in [9.17, 15) is 0 Å². The van der Waals surface area contributed by atoms with Gasteiger partial charge in [-0.3, -0.25) is 0 Å². The van der Waals surface area contributed by atoms with E-state index < -0.39 is 13.3 Å². The summed E-state index contributed by atoms with van der Waals surface area (Å²) in [5.41, 5.74) is 13.0. The molecule has 0 unspecified atom stereocenters. The van der Waals surface area contributed by atoms with Gasteiger partial charge in [0.25, 0.3) is 0 Å². The van der Waals surface area contributed by atoms with E-state index >= 15 is 0 Å². The largest absolute Gasteiger partial charge is 0 e. The molecule has 0 spiro atoms. The maximum absolute atomic E-state index is 4.87. The van der Waals surface area contributed by atoms with Gasteiger partial charge in [0.1, 0.15) is 0 Å². The predicted octanol–water partition coefficient (Wildman–Crippen LogP) is 12.3. The Morgan fingerprint density at radius 3 is 2.00 bits per heavy atom. The van der Waals surface area contributed by atoms with Gasteiger partial charge in [-0.05, 0) is 76.0 Å². The van der Waals surface area contributed by atoms with Gasteiger partial charge in [-0.15, -0.1) is 23.8 Å². The molecule has 8 rings (SSSR count). The molecule has 1 radical (unpaired) electrons. The molecule has 0 aliphatic heterocycles. The summed E-state index contributed by atoms with van der Waals surface area (Å²) in [6.45, 7) is 6.55. The molecule has 0 amide bonds. The van der Waals surface area contributed by atoms with Gasteiger partial charge >= 0.3 is 99.8 Å². The summed E-state index contributed by atoms with van der Waals surface area (Å²) in [6, 6.07) is 49.2. The van der Waals surface area contributed by atoms with E-state index in [4.69, 9.17) is 4.98 Å². The zero-order chi connectivity index (χ0) is 34.8. The summed E-state index contributed by atoms with van der Waals surface area (Å²) in [6.07, 6.45) is 4.04. The number of thiophene rings is 1. The summed E-state index contributed by atoms with van der Waals surface area (Å²) in [4.78, 5) is 9.40. The van der Waals surface area contributed by atoms with E-state index in [0.717, 1.165) is 22.5 Å². The van der Waals surface area contributed by atoms with Crippen LogP contribution < -0.4 is 4.40 Å². The van der Waals surface area contributed by atoms with Crippen molar-refractivity contribution in [3.63, 3.8) is 0 Å². The quantitative estimate of drug-likeness (QED) is 0.127. The Morgan fingerprint density at radius 1 is 0.588 bits per heavy atom. The first-order chi connectivity index (χ1) is 24.2. The second kappa shape index (κ2) is 15.6. The molecule has 51 heavy (non-hydrogen) atoms. The number of benzene rings is 5. The van der Waals surface area contributed by atoms with Gasteiger partial charge < -0.3 is 4.98 Å². The summed E-state index contributed by atoms with van der Waals surface area (Å²) >= 11 is 0.123. The van der Waals surface area contributed by atoms with Gasteiger partial charge in [-0.25, -0.2) is 0 Å². The van der Waals surface area contributed by atoms with Crippen LogP contribution in [0.5, 0.6) is 0 Å². The second-order valence-corrected chi connectivity index (χ2v) is 25.6. The first-order valence-corrected chi connectivity index (χ1v) is 25.2. The van der Waals surface area contributed by atoms with Gasteiger partial charge in [-0.1, -0.05) is 72.1 Å². The second-order valence-electron chi connectivity index (χ2n) is 13.9. The molecule has 0 N–H and O–H groups in total. The molecule has 0 atom stereocenters. The van der Waals surface area contributed by atoms with Crippen molar-refractivity contribution in [1.82, 2.24) is 9.97 Å². The molecule has 255 valence electrons.